The smallest absolute Gasteiger partial charge is 0.223 e. The van der Waals surface area contributed by atoms with Crippen molar-refractivity contribution in [3.8, 4) is 0 Å². The molecular weight excluding hydrogens is 176 g/mol. The molecule has 0 aliphatic heterocycles. The summed E-state index contributed by atoms with van der Waals surface area (Å²) in [6.07, 6.45) is 3.59. The zero-order valence-corrected chi connectivity index (χ0v) is 9.05. The van der Waals surface area contributed by atoms with Gasteiger partial charge in [-0.1, -0.05) is 0 Å². The van der Waals surface area contributed by atoms with E-state index in [9.17, 15) is 4.79 Å². The number of hydrogen-bond acceptors (Lipinski definition) is 2. The molecule has 2 aliphatic rings. The zero-order chi connectivity index (χ0) is 10.3. The Kier molecular flexibility index (Phi) is 2.30. The van der Waals surface area contributed by atoms with Gasteiger partial charge < -0.3 is 11.1 Å². The molecule has 0 heterocycles. The van der Waals surface area contributed by atoms with Crippen LogP contribution in [0.4, 0.5) is 0 Å². The summed E-state index contributed by atoms with van der Waals surface area (Å²) < 4.78 is 0. The summed E-state index contributed by atoms with van der Waals surface area (Å²) in [5.74, 6) is 2.24. The van der Waals surface area contributed by atoms with Crippen molar-refractivity contribution in [3.05, 3.63) is 0 Å². The second kappa shape index (κ2) is 3.23. The summed E-state index contributed by atoms with van der Waals surface area (Å²) in [6, 6.07) is 0. The van der Waals surface area contributed by atoms with E-state index in [0.29, 0.717) is 6.54 Å². The lowest BCUT2D eigenvalue weighted by molar-refractivity contribution is -0.125. The number of carbonyl (C=O) groups excluding carboxylic acids is 1. The maximum atomic E-state index is 11.7. The highest BCUT2D eigenvalue weighted by molar-refractivity contribution is 5.79. The summed E-state index contributed by atoms with van der Waals surface area (Å²) in [4.78, 5) is 11.7. The molecule has 0 aromatic rings. The van der Waals surface area contributed by atoms with Crippen molar-refractivity contribution in [2.75, 3.05) is 6.54 Å². The van der Waals surface area contributed by atoms with Crippen LogP contribution in [-0.4, -0.2) is 18.0 Å². The summed E-state index contributed by atoms with van der Waals surface area (Å²) in [7, 11) is 0. The van der Waals surface area contributed by atoms with Gasteiger partial charge in [0.1, 0.15) is 0 Å². The van der Waals surface area contributed by atoms with Crippen LogP contribution in [0.25, 0.3) is 0 Å². The number of nitrogens with two attached hydrogens (primary N) is 1. The van der Waals surface area contributed by atoms with Gasteiger partial charge in [0.05, 0.1) is 0 Å². The third-order valence-electron chi connectivity index (χ3n) is 3.33. The lowest BCUT2D eigenvalue weighted by atomic mass is 10.0. The molecule has 14 heavy (non-hydrogen) atoms. The molecule has 3 nitrogen and oxygen atoms in total. The van der Waals surface area contributed by atoms with E-state index in [1.807, 2.05) is 13.8 Å². The maximum absolute atomic E-state index is 11.7. The second-order valence-corrected chi connectivity index (χ2v) is 5.63. The number of hydrogen-bond donors (Lipinski definition) is 2. The van der Waals surface area contributed by atoms with Crippen molar-refractivity contribution in [1.82, 2.24) is 5.32 Å². The molecule has 2 rings (SSSR count). The van der Waals surface area contributed by atoms with Gasteiger partial charge in [0.2, 0.25) is 5.91 Å². The number of amides is 1. The molecule has 0 spiro atoms. The number of rotatable bonds is 3. The van der Waals surface area contributed by atoms with Gasteiger partial charge in [0, 0.05) is 18.0 Å². The van der Waals surface area contributed by atoms with E-state index >= 15 is 0 Å². The molecule has 0 aromatic heterocycles. The van der Waals surface area contributed by atoms with Crippen molar-refractivity contribution in [2.45, 2.75) is 38.6 Å². The molecule has 0 radical (unpaired) electrons. The Balaban J connectivity index is 1.73. The van der Waals surface area contributed by atoms with Gasteiger partial charge in [-0.05, 0) is 44.9 Å². The molecule has 2 atom stereocenters. The van der Waals surface area contributed by atoms with Crippen molar-refractivity contribution in [1.29, 1.82) is 0 Å². The third-order valence-corrected chi connectivity index (χ3v) is 3.33. The predicted molar refractivity (Wildman–Crippen MR) is 55.6 cm³/mol. The third kappa shape index (κ3) is 2.27. The molecule has 0 aromatic carbocycles. The molecule has 2 fully saturated rings. The Labute approximate surface area is 85.4 Å². The SMILES string of the molecule is CC(C)(N)CNC(=O)C1CC2CC2C1. The Morgan fingerprint density at radius 2 is 1.93 bits per heavy atom. The van der Waals surface area contributed by atoms with E-state index in [1.54, 1.807) is 0 Å². The molecule has 1 amide bonds. The van der Waals surface area contributed by atoms with Crippen LogP contribution >= 0.6 is 0 Å². The van der Waals surface area contributed by atoms with E-state index in [2.05, 4.69) is 5.32 Å². The van der Waals surface area contributed by atoms with E-state index in [1.165, 1.54) is 6.42 Å². The predicted octanol–water partition coefficient (Wildman–Crippen LogP) is 0.886. The van der Waals surface area contributed by atoms with Crippen LogP contribution in [-0.2, 0) is 4.79 Å². The fraction of sp³-hybridized carbons (Fsp3) is 0.909. The molecular formula is C11H20N2O. The van der Waals surface area contributed by atoms with Gasteiger partial charge in [0.15, 0.2) is 0 Å². The topological polar surface area (TPSA) is 55.1 Å². The van der Waals surface area contributed by atoms with Gasteiger partial charge in [0.25, 0.3) is 0 Å². The average Bonchev–Trinajstić information content (AvgIpc) is 2.68. The quantitative estimate of drug-likeness (QED) is 0.704. The summed E-state index contributed by atoms with van der Waals surface area (Å²) in [6.45, 7) is 4.44. The average molecular weight is 196 g/mol. The first-order valence-corrected chi connectivity index (χ1v) is 5.52. The van der Waals surface area contributed by atoms with Crippen LogP contribution in [0.1, 0.15) is 33.1 Å². The Bertz CT molecular complexity index is 234. The van der Waals surface area contributed by atoms with Gasteiger partial charge in [-0.3, -0.25) is 4.79 Å². The molecule has 2 saturated carbocycles. The second-order valence-electron chi connectivity index (χ2n) is 5.63. The van der Waals surface area contributed by atoms with Gasteiger partial charge in [-0.15, -0.1) is 0 Å². The molecule has 0 bridgehead atoms. The minimum atomic E-state index is -0.294. The van der Waals surface area contributed by atoms with Crippen LogP contribution in [0.2, 0.25) is 0 Å². The largest absolute Gasteiger partial charge is 0.354 e. The fourth-order valence-corrected chi connectivity index (χ4v) is 2.39. The van der Waals surface area contributed by atoms with Crippen LogP contribution in [0.15, 0.2) is 0 Å². The number of carbonyl (C=O) groups is 1. The molecule has 3 heteroatoms. The van der Waals surface area contributed by atoms with Crippen molar-refractivity contribution in [2.24, 2.45) is 23.5 Å². The molecule has 3 N–H and O–H groups in total. The van der Waals surface area contributed by atoms with Crippen molar-refractivity contribution >= 4 is 5.91 Å². The van der Waals surface area contributed by atoms with Crippen LogP contribution in [0.3, 0.4) is 0 Å². The van der Waals surface area contributed by atoms with Crippen molar-refractivity contribution in [3.63, 3.8) is 0 Å². The highest BCUT2D eigenvalue weighted by atomic mass is 16.1. The Morgan fingerprint density at radius 1 is 1.36 bits per heavy atom. The monoisotopic (exact) mass is 196 g/mol. The normalized spacial score (nSPS) is 35.2. The lowest BCUT2D eigenvalue weighted by Crippen LogP contribution is -2.46. The number of fused-ring (bicyclic) bond motifs is 1. The number of nitrogens with one attached hydrogen (secondary N) is 1. The first kappa shape index (κ1) is 9.97. The van der Waals surface area contributed by atoms with Crippen molar-refractivity contribution < 1.29 is 4.79 Å². The highest BCUT2D eigenvalue weighted by Crippen LogP contribution is 2.54. The van der Waals surface area contributed by atoms with Gasteiger partial charge in [-0.2, -0.15) is 0 Å². The standard InChI is InChI=1S/C11H20N2O/c1-11(2,12)6-13-10(14)9-4-7-3-8(7)5-9/h7-9H,3-6,12H2,1-2H3,(H,13,14). The van der Waals surface area contributed by atoms with E-state index in [0.717, 1.165) is 24.7 Å². The van der Waals surface area contributed by atoms with Gasteiger partial charge in [-0.25, -0.2) is 0 Å². The van der Waals surface area contributed by atoms with Crippen LogP contribution in [0.5, 0.6) is 0 Å². The Hall–Kier alpha value is -0.570. The van der Waals surface area contributed by atoms with Gasteiger partial charge >= 0.3 is 0 Å². The van der Waals surface area contributed by atoms with Crippen LogP contribution < -0.4 is 11.1 Å². The van der Waals surface area contributed by atoms with E-state index in [-0.39, 0.29) is 17.4 Å². The minimum absolute atomic E-state index is 0.218. The minimum Gasteiger partial charge on any atom is -0.354 e. The maximum Gasteiger partial charge on any atom is 0.223 e. The Morgan fingerprint density at radius 3 is 2.43 bits per heavy atom. The molecule has 80 valence electrons. The van der Waals surface area contributed by atoms with E-state index < -0.39 is 0 Å². The highest BCUT2D eigenvalue weighted by Gasteiger charge is 2.47. The zero-order valence-electron chi connectivity index (χ0n) is 9.05. The first-order valence-electron chi connectivity index (χ1n) is 5.52. The summed E-state index contributed by atoms with van der Waals surface area (Å²) in [5.41, 5.74) is 5.51. The summed E-state index contributed by atoms with van der Waals surface area (Å²) in [5, 5.41) is 2.94. The fourth-order valence-electron chi connectivity index (χ4n) is 2.39. The van der Waals surface area contributed by atoms with Crippen LogP contribution in [0, 0.1) is 17.8 Å². The molecule has 2 aliphatic carbocycles. The first-order chi connectivity index (χ1) is 6.46. The molecule has 2 unspecified atom stereocenters. The lowest BCUT2D eigenvalue weighted by Gasteiger charge is -2.20. The molecule has 0 saturated heterocycles. The summed E-state index contributed by atoms with van der Waals surface area (Å²) >= 11 is 0. The van der Waals surface area contributed by atoms with E-state index in [4.69, 9.17) is 5.73 Å².